The molecule has 2 atom stereocenters. The molecule has 1 fully saturated rings. The van der Waals surface area contributed by atoms with Crippen LogP contribution in [-0.2, 0) is 0 Å². The predicted molar refractivity (Wildman–Crippen MR) is 72.7 cm³/mol. The Kier molecular flexibility index (Phi) is 3.13. The number of allylic oxidation sites excluding steroid dienone is 2. The highest BCUT2D eigenvalue weighted by Crippen LogP contribution is 2.33. The topological polar surface area (TPSA) is 20.3 Å². The van der Waals surface area contributed by atoms with Crippen LogP contribution in [0.5, 0.6) is 0 Å². The molecule has 1 aliphatic heterocycles. The van der Waals surface area contributed by atoms with E-state index in [1.54, 1.807) is 6.07 Å². The molecule has 2 unspecified atom stereocenters. The summed E-state index contributed by atoms with van der Waals surface area (Å²) in [5.41, 5.74) is 0.630. The molecular formula is C15H16ClNO. The van der Waals surface area contributed by atoms with Gasteiger partial charge in [0.2, 0.25) is 0 Å². The third-order valence-electron chi connectivity index (χ3n) is 4.01. The zero-order chi connectivity index (χ0) is 12.5. The molecular weight excluding hydrogens is 246 g/mol. The minimum absolute atomic E-state index is 0.0787. The van der Waals surface area contributed by atoms with Crippen LogP contribution in [0.15, 0.2) is 36.4 Å². The van der Waals surface area contributed by atoms with Crippen LogP contribution in [0, 0.1) is 11.8 Å². The molecule has 1 heterocycles. The fourth-order valence-corrected chi connectivity index (χ4v) is 3.20. The summed E-state index contributed by atoms with van der Waals surface area (Å²) in [5.74, 6) is 1.36. The fourth-order valence-electron chi connectivity index (χ4n) is 2.99. The van der Waals surface area contributed by atoms with Crippen molar-refractivity contribution in [3.05, 3.63) is 47.0 Å². The van der Waals surface area contributed by atoms with Crippen molar-refractivity contribution in [2.45, 2.75) is 12.8 Å². The molecule has 0 saturated carbocycles. The number of carbonyl (C=O) groups excluding carboxylic acids is 1. The van der Waals surface area contributed by atoms with Crippen molar-refractivity contribution >= 4 is 17.5 Å². The van der Waals surface area contributed by atoms with Gasteiger partial charge in [0, 0.05) is 13.1 Å². The summed E-state index contributed by atoms with van der Waals surface area (Å²) >= 11 is 6.09. The van der Waals surface area contributed by atoms with Crippen molar-refractivity contribution < 1.29 is 4.79 Å². The summed E-state index contributed by atoms with van der Waals surface area (Å²) in [6, 6.07) is 7.31. The molecule has 2 aliphatic rings. The van der Waals surface area contributed by atoms with Gasteiger partial charge in [0.25, 0.3) is 5.91 Å². The van der Waals surface area contributed by atoms with Crippen LogP contribution in [0.3, 0.4) is 0 Å². The van der Waals surface area contributed by atoms with Gasteiger partial charge in [-0.2, -0.15) is 0 Å². The average Bonchev–Trinajstić information content (AvgIpc) is 2.82. The van der Waals surface area contributed by atoms with Gasteiger partial charge in [0.05, 0.1) is 10.6 Å². The molecule has 1 saturated heterocycles. The van der Waals surface area contributed by atoms with Crippen LogP contribution in [0.4, 0.5) is 0 Å². The Balaban J connectivity index is 1.77. The SMILES string of the molecule is O=C(c1ccccc1Cl)N1CC2CC=CCC2C1. The first-order valence-corrected chi connectivity index (χ1v) is 6.82. The van der Waals surface area contributed by atoms with Crippen LogP contribution in [0.1, 0.15) is 23.2 Å². The Labute approximate surface area is 112 Å². The molecule has 3 heteroatoms. The number of fused-ring (bicyclic) bond motifs is 1. The standard InChI is InChI=1S/C15H16ClNO/c16-14-8-4-3-7-13(14)15(18)17-9-11-5-1-2-6-12(11)10-17/h1-4,7-8,11-12H,5-6,9-10H2. The van der Waals surface area contributed by atoms with Crippen LogP contribution in [-0.4, -0.2) is 23.9 Å². The second-order valence-electron chi connectivity index (χ2n) is 5.15. The lowest BCUT2D eigenvalue weighted by Crippen LogP contribution is -2.29. The molecule has 1 aliphatic carbocycles. The molecule has 0 radical (unpaired) electrons. The normalized spacial score (nSPS) is 26.2. The molecule has 1 aromatic carbocycles. The molecule has 18 heavy (non-hydrogen) atoms. The van der Waals surface area contributed by atoms with E-state index in [1.807, 2.05) is 23.1 Å². The van der Waals surface area contributed by atoms with E-state index in [4.69, 9.17) is 11.6 Å². The molecule has 0 bridgehead atoms. The quantitative estimate of drug-likeness (QED) is 0.710. The highest BCUT2D eigenvalue weighted by molar-refractivity contribution is 6.33. The van der Waals surface area contributed by atoms with Gasteiger partial charge in [-0.25, -0.2) is 0 Å². The van der Waals surface area contributed by atoms with Crippen molar-refractivity contribution in [2.24, 2.45) is 11.8 Å². The molecule has 2 nitrogen and oxygen atoms in total. The summed E-state index contributed by atoms with van der Waals surface area (Å²) in [6.45, 7) is 1.75. The number of rotatable bonds is 1. The lowest BCUT2D eigenvalue weighted by molar-refractivity contribution is 0.0784. The summed E-state index contributed by atoms with van der Waals surface area (Å²) in [6.07, 6.45) is 6.70. The van der Waals surface area contributed by atoms with Gasteiger partial charge in [-0.15, -0.1) is 0 Å². The zero-order valence-corrected chi connectivity index (χ0v) is 10.9. The third kappa shape index (κ3) is 2.05. The number of amides is 1. The van der Waals surface area contributed by atoms with Gasteiger partial charge in [-0.1, -0.05) is 35.9 Å². The lowest BCUT2D eigenvalue weighted by Gasteiger charge is -2.17. The summed E-state index contributed by atoms with van der Waals surface area (Å²) in [4.78, 5) is 14.4. The van der Waals surface area contributed by atoms with Gasteiger partial charge in [0.1, 0.15) is 0 Å². The van der Waals surface area contributed by atoms with Gasteiger partial charge >= 0.3 is 0 Å². The number of nitrogens with zero attached hydrogens (tertiary/aromatic N) is 1. The molecule has 0 spiro atoms. The molecule has 0 aromatic heterocycles. The number of hydrogen-bond acceptors (Lipinski definition) is 1. The Morgan fingerprint density at radius 3 is 2.33 bits per heavy atom. The number of likely N-dealkylation sites (tertiary alicyclic amines) is 1. The predicted octanol–water partition coefficient (Wildman–Crippen LogP) is 3.38. The van der Waals surface area contributed by atoms with Crippen LogP contribution >= 0.6 is 11.6 Å². The Bertz CT molecular complexity index is 481. The average molecular weight is 262 g/mol. The number of carbonyl (C=O) groups is 1. The zero-order valence-electron chi connectivity index (χ0n) is 10.2. The molecule has 0 N–H and O–H groups in total. The van der Waals surface area contributed by atoms with E-state index in [0.29, 0.717) is 22.4 Å². The second kappa shape index (κ2) is 4.77. The van der Waals surface area contributed by atoms with E-state index < -0.39 is 0 Å². The van der Waals surface area contributed by atoms with Gasteiger partial charge in [-0.3, -0.25) is 4.79 Å². The van der Waals surface area contributed by atoms with E-state index in [1.165, 1.54) is 0 Å². The Morgan fingerprint density at radius 1 is 1.11 bits per heavy atom. The van der Waals surface area contributed by atoms with E-state index in [9.17, 15) is 4.79 Å². The van der Waals surface area contributed by atoms with E-state index >= 15 is 0 Å². The van der Waals surface area contributed by atoms with E-state index in [2.05, 4.69) is 12.2 Å². The van der Waals surface area contributed by atoms with Gasteiger partial charge in [0.15, 0.2) is 0 Å². The second-order valence-corrected chi connectivity index (χ2v) is 5.56. The fraction of sp³-hybridized carbons (Fsp3) is 0.400. The number of benzene rings is 1. The number of hydrogen-bond donors (Lipinski definition) is 0. The van der Waals surface area contributed by atoms with Crippen LogP contribution < -0.4 is 0 Å². The summed E-state index contributed by atoms with van der Waals surface area (Å²) in [7, 11) is 0. The van der Waals surface area contributed by atoms with Crippen molar-refractivity contribution in [3.8, 4) is 0 Å². The van der Waals surface area contributed by atoms with Gasteiger partial charge < -0.3 is 4.90 Å². The maximum Gasteiger partial charge on any atom is 0.255 e. The number of halogens is 1. The van der Waals surface area contributed by atoms with E-state index in [0.717, 1.165) is 25.9 Å². The molecule has 94 valence electrons. The lowest BCUT2D eigenvalue weighted by atomic mass is 9.86. The minimum atomic E-state index is 0.0787. The third-order valence-corrected chi connectivity index (χ3v) is 4.34. The molecule has 3 rings (SSSR count). The smallest absolute Gasteiger partial charge is 0.255 e. The van der Waals surface area contributed by atoms with E-state index in [-0.39, 0.29) is 5.91 Å². The largest absolute Gasteiger partial charge is 0.338 e. The molecule has 1 amide bonds. The first-order valence-electron chi connectivity index (χ1n) is 6.44. The monoisotopic (exact) mass is 261 g/mol. The van der Waals surface area contributed by atoms with Crippen LogP contribution in [0.2, 0.25) is 5.02 Å². The van der Waals surface area contributed by atoms with Crippen molar-refractivity contribution in [2.75, 3.05) is 13.1 Å². The molecule has 1 aromatic rings. The first kappa shape index (κ1) is 11.8. The minimum Gasteiger partial charge on any atom is -0.338 e. The first-order chi connectivity index (χ1) is 8.75. The van der Waals surface area contributed by atoms with Crippen LogP contribution in [0.25, 0.3) is 0 Å². The van der Waals surface area contributed by atoms with Crippen molar-refractivity contribution in [1.29, 1.82) is 0 Å². The maximum absolute atomic E-state index is 12.4. The highest BCUT2D eigenvalue weighted by Gasteiger charge is 2.35. The summed E-state index contributed by atoms with van der Waals surface area (Å²) in [5, 5.41) is 0.551. The van der Waals surface area contributed by atoms with Gasteiger partial charge in [-0.05, 0) is 36.8 Å². The Hall–Kier alpha value is -1.28. The van der Waals surface area contributed by atoms with Crippen molar-refractivity contribution in [1.82, 2.24) is 4.90 Å². The van der Waals surface area contributed by atoms with Crippen molar-refractivity contribution in [3.63, 3.8) is 0 Å². The Morgan fingerprint density at radius 2 is 1.72 bits per heavy atom. The summed E-state index contributed by atoms with van der Waals surface area (Å²) < 4.78 is 0. The maximum atomic E-state index is 12.4. The highest BCUT2D eigenvalue weighted by atomic mass is 35.5.